The van der Waals surface area contributed by atoms with Gasteiger partial charge in [0.05, 0.1) is 17.1 Å². The van der Waals surface area contributed by atoms with E-state index < -0.39 is 0 Å². The van der Waals surface area contributed by atoms with Gasteiger partial charge in [-0.15, -0.1) is 0 Å². The number of rotatable bonds is 4. The van der Waals surface area contributed by atoms with E-state index in [1.165, 1.54) is 10.2 Å². The van der Waals surface area contributed by atoms with E-state index in [0.717, 1.165) is 28.2 Å². The van der Waals surface area contributed by atoms with Crippen molar-refractivity contribution in [2.75, 3.05) is 0 Å². The summed E-state index contributed by atoms with van der Waals surface area (Å²) in [5.74, 6) is 0.517. The van der Waals surface area contributed by atoms with Crippen LogP contribution in [0.2, 0.25) is 0 Å². The van der Waals surface area contributed by atoms with E-state index in [2.05, 4.69) is 60.8 Å². The molecular weight excluding hydrogens is 408 g/mol. The third-order valence-corrected chi connectivity index (χ3v) is 5.86. The van der Waals surface area contributed by atoms with Gasteiger partial charge in [0.2, 0.25) is 0 Å². The first-order chi connectivity index (χ1) is 16.0. The second kappa shape index (κ2) is 8.36. The summed E-state index contributed by atoms with van der Waals surface area (Å²) in [6, 6.07) is 27.6. The average molecular weight is 433 g/mol. The van der Waals surface area contributed by atoms with Crippen LogP contribution in [-0.2, 0) is 0 Å². The zero-order valence-corrected chi connectivity index (χ0v) is 18.9. The van der Waals surface area contributed by atoms with Gasteiger partial charge in [0.15, 0.2) is 5.82 Å². The monoisotopic (exact) mass is 432 g/mol. The van der Waals surface area contributed by atoms with Gasteiger partial charge in [-0.1, -0.05) is 60.2 Å². The number of aryl methyl sites for hydroxylation is 2. The molecule has 0 spiro atoms. The van der Waals surface area contributed by atoms with E-state index in [9.17, 15) is 4.79 Å². The van der Waals surface area contributed by atoms with Gasteiger partial charge in [-0.05, 0) is 51.1 Å². The van der Waals surface area contributed by atoms with Crippen LogP contribution < -0.4 is 5.56 Å². The molecule has 2 aromatic heterocycles. The number of hydrogen-bond donors (Lipinski definition) is 0. The lowest BCUT2D eigenvalue weighted by molar-refractivity contribution is 0.829. The van der Waals surface area contributed by atoms with E-state index in [1.807, 2.05) is 48.5 Å². The lowest BCUT2D eigenvalue weighted by Crippen LogP contribution is -2.20. The number of hydrogen-bond acceptors (Lipinski definition) is 3. The van der Waals surface area contributed by atoms with Gasteiger partial charge < -0.3 is 4.57 Å². The second-order valence-corrected chi connectivity index (χ2v) is 8.18. The highest BCUT2D eigenvalue weighted by atomic mass is 16.1. The number of nitrogens with zero attached hydrogens (tertiary/aromatic N) is 4. The van der Waals surface area contributed by atoms with Gasteiger partial charge in [-0.2, -0.15) is 9.78 Å². The smallest absolute Gasteiger partial charge is 0.282 e. The fourth-order valence-corrected chi connectivity index (χ4v) is 4.13. The topological polar surface area (TPSA) is 52.2 Å². The largest absolute Gasteiger partial charge is 0.318 e. The van der Waals surface area contributed by atoms with Crippen LogP contribution in [0.25, 0.3) is 28.0 Å². The summed E-state index contributed by atoms with van der Waals surface area (Å²) in [7, 11) is 0. The van der Waals surface area contributed by atoms with Crippen LogP contribution in [0.15, 0.2) is 94.8 Å². The summed E-state index contributed by atoms with van der Waals surface area (Å²) in [4.78, 5) is 18.1. The minimum atomic E-state index is -0.192. The molecule has 0 atom stereocenters. The van der Waals surface area contributed by atoms with Crippen LogP contribution in [-0.4, -0.2) is 20.4 Å². The minimum absolute atomic E-state index is 0.192. The van der Waals surface area contributed by atoms with Crippen LogP contribution in [0.4, 0.5) is 0 Å². The molecule has 0 saturated carbocycles. The molecule has 5 nitrogen and oxygen atoms in total. The molecule has 3 aromatic carbocycles. The normalized spacial score (nSPS) is 11.5. The number of fused-ring (bicyclic) bond motifs is 1. The Morgan fingerprint density at radius 3 is 2.30 bits per heavy atom. The standard InChI is InChI=1S/C28H24N4O/c1-19-13-15-24(16-14-19)31-20(2)17-23(21(31)3)18-29-32-27(22-9-5-4-6-10-22)30-26-12-8-7-11-25(26)28(32)33/h4-18H,1-3H3. The van der Waals surface area contributed by atoms with Crippen molar-refractivity contribution in [3.63, 3.8) is 0 Å². The summed E-state index contributed by atoms with van der Waals surface area (Å²) in [5.41, 5.74) is 6.74. The molecule has 0 bridgehead atoms. The van der Waals surface area contributed by atoms with E-state index in [0.29, 0.717) is 16.7 Å². The van der Waals surface area contributed by atoms with Gasteiger partial charge >= 0.3 is 0 Å². The Morgan fingerprint density at radius 2 is 1.55 bits per heavy atom. The number of para-hydroxylation sites is 1. The summed E-state index contributed by atoms with van der Waals surface area (Å²) in [6.45, 7) is 6.22. The first-order valence-electron chi connectivity index (χ1n) is 10.9. The van der Waals surface area contributed by atoms with Gasteiger partial charge in [0.1, 0.15) is 0 Å². The highest BCUT2D eigenvalue weighted by Crippen LogP contribution is 2.21. The molecule has 2 heterocycles. The molecule has 5 heteroatoms. The minimum Gasteiger partial charge on any atom is -0.318 e. The molecule has 0 aliphatic heterocycles. The molecule has 5 aromatic rings. The average Bonchev–Trinajstić information content (AvgIpc) is 3.12. The molecule has 0 saturated heterocycles. The molecule has 0 aliphatic rings. The lowest BCUT2D eigenvalue weighted by atomic mass is 10.2. The van der Waals surface area contributed by atoms with Crippen molar-refractivity contribution in [1.82, 2.24) is 14.2 Å². The Balaban J connectivity index is 1.65. The van der Waals surface area contributed by atoms with Crippen molar-refractivity contribution in [2.24, 2.45) is 5.10 Å². The van der Waals surface area contributed by atoms with Crippen LogP contribution in [0.3, 0.4) is 0 Å². The molecule has 0 fully saturated rings. The summed E-state index contributed by atoms with van der Waals surface area (Å²) in [5, 5.41) is 5.17. The van der Waals surface area contributed by atoms with Crippen molar-refractivity contribution in [3.8, 4) is 17.1 Å². The highest BCUT2D eigenvalue weighted by molar-refractivity contribution is 5.83. The Labute approximate surface area is 192 Å². The van der Waals surface area contributed by atoms with Crippen molar-refractivity contribution in [1.29, 1.82) is 0 Å². The molecule has 162 valence electrons. The van der Waals surface area contributed by atoms with Gasteiger partial charge in [-0.25, -0.2) is 4.98 Å². The maximum atomic E-state index is 13.4. The third kappa shape index (κ3) is 3.78. The van der Waals surface area contributed by atoms with Crippen molar-refractivity contribution >= 4 is 17.1 Å². The Morgan fingerprint density at radius 1 is 0.848 bits per heavy atom. The Bertz CT molecular complexity index is 1540. The summed E-state index contributed by atoms with van der Waals surface area (Å²) in [6.07, 6.45) is 1.75. The van der Waals surface area contributed by atoms with Crippen LogP contribution >= 0.6 is 0 Å². The predicted molar refractivity (Wildman–Crippen MR) is 134 cm³/mol. The van der Waals surface area contributed by atoms with E-state index >= 15 is 0 Å². The molecule has 5 rings (SSSR count). The molecule has 33 heavy (non-hydrogen) atoms. The van der Waals surface area contributed by atoms with Crippen molar-refractivity contribution in [2.45, 2.75) is 20.8 Å². The van der Waals surface area contributed by atoms with E-state index in [4.69, 9.17) is 4.98 Å². The van der Waals surface area contributed by atoms with E-state index in [-0.39, 0.29) is 5.56 Å². The Kier molecular flexibility index (Phi) is 5.23. The summed E-state index contributed by atoms with van der Waals surface area (Å²) >= 11 is 0. The van der Waals surface area contributed by atoms with Gasteiger partial charge in [-0.3, -0.25) is 4.79 Å². The fraction of sp³-hybridized carbons (Fsp3) is 0.107. The maximum Gasteiger partial charge on any atom is 0.282 e. The van der Waals surface area contributed by atoms with Crippen LogP contribution in [0.1, 0.15) is 22.5 Å². The molecule has 0 radical (unpaired) electrons. The first-order valence-corrected chi connectivity index (χ1v) is 10.9. The number of aromatic nitrogens is 3. The molecular formula is C28H24N4O. The Hall–Kier alpha value is -4.25. The lowest BCUT2D eigenvalue weighted by Gasteiger charge is -2.10. The van der Waals surface area contributed by atoms with Crippen molar-refractivity contribution < 1.29 is 0 Å². The fourth-order valence-electron chi connectivity index (χ4n) is 4.13. The molecule has 0 N–H and O–H groups in total. The SMILES string of the molecule is Cc1ccc(-n2c(C)cc(C=Nn3c(-c4ccccc4)nc4ccccc4c3=O)c2C)cc1. The molecule has 0 unspecified atom stereocenters. The maximum absolute atomic E-state index is 13.4. The molecule has 0 amide bonds. The van der Waals surface area contributed by atoms with Crippen LogP contribution in [0, 0.1) is 20.8 Å². The summed E-state index contributed by atoms with van der Waals surface area (Å²) < 4.78 is 3.59. The predicted octanol–water partition coefficient (Wildman–Crippen LogP) is 5.66. The zero-order valence-electron chi connectivity index (χ0n) is 18.9. The second-order valence-electron chi connectivity index (χ2n) is 8.18. The third-order valence-electron chi connectivity index (χ3n) is 5.86. The van der Waals surface area contributed by atoms with Gasteiger partial charge in [0, 0.05) is 28.2 Å². The van der Waals surface area contributed by atoms with Gasteiger partial charge in [0.25, 0.3) is 5.56 Å². The number of benzene rings is 3. The van der Waals surface area contributed by atoms with E-state index in [1.54, 1.807) is 12.3 Å². The quantitative estimate of drug-likeness (QED) is 0.344. The van der Waals surface area contributed by atoms with Crippen LogP contribution in [0.5, 0.6) is 0 Å². The highest BCUT2D eigenvalue weighted by Gasteiger charge is 2.13. The first kappa shape index (κ1) is 20.6. The zero-order chi connectivity index (χ0) is 22.9. The van der Waals surface area contributed by atoms with Crippen molar-refractivity contribution in [3.05, 3.63) is 118 Å². The molecule has 0 aliphatic carbocycles.